The maximum absolute atomic E-state index is 9.69. The Labute approximate surface area is 107 Å². The van der Waals surface area contributed by atoms with Crippen LogP contribution in [0.1, 0.15) is 25.1 Å². The van der Waals surface area contributed by atoms with Crippen LogP contribution in [0.5, 0.6) is 0 Å². The van der Waals surface area contributed by atoms with Gasteiger partial charge in [-0.1, -0.05) is 6.92 Å². The molecule has 100 valence electrons. The van der Waals surface area contributed by atoms with Crippen LogP contribution < -0.4 is 4.90 Å². The van der Waals surface area contributed by atoms with E-state index >= 15 is 0 Å². The van der Waals surface area contributed by atoms with Gasteiger partial charge < -0.3 is 19.8 Å². The number of ether oxygens (including phenoxy) is 1. The van der Waals surface area contributed by atoms with E-state index in [0.29, 0.717) is 25.3 Å². The molecule has 0 saturated carbocycles. The third-order valence-corrected chi connectivity index (χ3v) is 3.27. The van der Waals surface area contributed by atoms with Crippen LogP contribution >= 0.6 is 0 Å². The molecule has 1 aliphatic rings. The van der Waals surface area contributed by atoms with Gasteiger partial charge in [-0.05, 0) is 18.6 Å². The zero-order valence-corrected chi connectivity index (χ0v) is 10.6. The largest absolute Gasteiger partial charge is 0.394 e. The van der Waals surface area contributed by atoms with Crippen molar-refractivity contribution < 1.29 is 14.9 Å². The molecular weight excluding hydrogens is 232 g/mol. The zero-order valence-electron chi connectivity index (χ0n) is 10.6. The summed E-state index contributed by atoms with van der Waals surface area (Å²) < 4.78 is 5.34. The lowest BCUT2D eigenvalue weighted by Crippen LogP contribution is -2.47. The van der Waals surface area contributed by atoms with Crippen molar-refractivity contribution >= 4 is 5.69 Å². The second kappa shape index (κ2) is 6.13. The number of hydrogen-bond donors (Lipinski definition) is 2. The molecule has 1 aromatic rings. The lowest BCUT2D eigenvalue weighted by atomic mass is 10.1. The first-order chi connectivity index (χ1) is 8.76. The number of aliphatic hydroxyl groups excluding tert-OH is 2. The van der Waals surface area contributed by atoms with Gasteiger partial charge in [0.1, 0.15) is 0 Å². The predicted molar refractivity (Wildman–Crippen MR) is 68.5 cm³/mol. The van der Waals surface area contributed by atoms with Crippen molar-refractivity contribution in [2.45, 2.75) is 25.5 Å². The Morgan fingerprint density at radius 3 is 3.00 bits per heavy atom. The van der Waals surface area contributed by atoms with Gasteiger partial charge in [0.15, 0.2) is 0 Å². The Morgan fingerprint density at radius 2 is 2.39 bits per heavy atom. The highest BCUT2D eigenvalue weighted by molar-refractivity contribution is 5.46. The first-order valence-corrected chi connectivity index (χ1v) is 6.35. The molecule has 0 aromatic carbocycles. The maximum atomic E-state index is 9.69. The van der Waals surface area contributed by atoms with E-state index in [0.717, 1.165) is 12.2 Å². The molecule has 2 rings (SSSR count). The number of anilines is 1. The van der Waals surface area contributed by atoms with Gasteiger partial charge in [0, 0.05) is 6.54 Å². The summed E-state index contributed by atoms with van der Waals surface area (Å²) in [5.41, 5.74) is 1.65. The fourth-order valence-electron chi connectivity index (χ4n) is 2.12. The minimum atomic E-state index is -0.502. The van der Waals surface area contributed by atoms with Crippen molar-refractivity contribution in [2.24, 2.45) is 0 Å². The number of pyridine rings is 1. The summed E-state index contributed by atoms with van der Waals surface area (Å²) in [7, 11) is 0. The van der Waals surface area contributed by atoms with E-state index in [-0.39, 0.29) is 12.6 Å². The van der Waals surface area contributed by atoms with Gasteiger partial charge >= 0.3 is 0 Å². The molecule has 18 heavy (non-hydrogen) atoms. The number of aliphatic hydroxyl groups is 2. The van der Waals surface area contributed by atoms with Crippen LogP contribution in [0.2, 0.25) is 0 Å². The van der Waals surface area contributed by atoms with Gasteiger partial charge in [-0.15, -0.1) is 0 Å². The van der Waals surface area contributed by atoms with Gasteiger partial charge in [0.25, 0.3) is 0 Å². The molecular formula is C13H20N2O3. The topological polar surface area (TPSA) is 65.8 Å². The van der Waals surface area contributed by atoms with Gasteiger partial charge in [0.2, 0.25) is 0 Å². The van der Waals surface area contributed by atoms with Gasteiger partial charge in [-0.2, -0.15) is 0 Å². The van der Waals surface area contributed by atoms with Crippen molar-refractivity contribution in [3.63, 3.8) is 0 Å². The molecule has 2 heterocycles. The highest BCUT2D eigenvalue weighted by Crippen LogP contribution is 2.21. The summed E-state index contributed by atoms with van der Waals surface area (Å²) in [6.45, 7) is 3.94. The average Bonchev–Trinajstić information content (AvgIpc) is 2.46. The molecule has 0 bridgehead atoms. The third-order valence-electron chi connectivity index (χ3n) is 3.27. The number of hydrogen-bond acceptors (Lipinski definition) is 5. The Balaban J connectivity index is 2.12. The molecule has 1 aliphatic heterocycles. The molecule has 1 aromatic heterocycles. The molecule has 5 heteroatoms. The van der Waals surface area contributed by atoms with Gasteiger partial charge in [-0.25, -0.2) is 0 Å². The second-order valence-electron chi connectivity index (χ2n) is 4.47. The first kappa shape index (κ1) is 13.3. The molecule has 5 nitrogen and oxygen atoms in total. The lowest BCUT2D eigenvalue weighted by Gasteiger charge is -2.36. The van der Waals surface area contributed by atoms with Crippen LogP contribution in [-0.4, -0.2) is 47.6 Å². The summed E-state index contributed by atoms with van der Waals surface area (Å²) in [5.74, 6) is 0. The molecule has 1 unspecified atom stereocenters. The van der Waals surface area contributed by atoms with Crippen LogP contribution in [-0.2, 0) is 4.74 Å². The van der Waals surface area contributed by atoms with Gasteiger partial charge in [-0.3, -0.25) is 4.98 Å². The standard InChI is InChI=1S/C13H20N2O3/c1-2-13(17)12-4-3-10(7-14-12)15-5-6-18-9-11(15)8-16/h3-4,7,11,13,16-17H,2,5-6,8-9H2,1H3/t11?,13-/m0/s1. The predicted octanol–water partition coefficient (Wildman–Crippen LogP) is 0.722. The highest BCUT2D eigenvalue weighted by atomic mass is 16.5. The quantitative estimate of drug-likeness (QED) is 0.826. The SMILES string of the molecule is CC[C@H](O)c1ccc(N2CCOCC2CO)cn1. The van der Waals surface area contributed by atoms with Crippen LogP contribution in [0.15, 0.2) is 18.3 Å². The zero-order chi connectivity index (χ0) is 13.0. The second-order valence-corrected chi connectivity index (χ2v) is 4.47. The summed E-state index contributed by atoms with van der Waals surface area (Å²) in [5, 5.41) is 19.0. The van der Waals surface area contributed by atoms with Crippen molar-refractivity contribution in [1.82, 2.24) is 4.98 Å². The Kier molecular flexibility index (Phi) is 4.52. The number of rotatable bonds is 4. The van der Waals surface area contributed by atoms with E-state index in [1.54, 1.807) is 6.20 Å². The van der Waals surface area contributed by atoms with Crippen molar-refractivity contribution in [3.8, 4) is 0 Å². The van der Waals surface area contributed by atoms with E-state index < -0.39 is 6.10 Å². The molecule has 0 spiro atoms. The fourth-order valence-corrected chi connectivity index (χ4v) is 2.12. The van der Waals surface area contributed by atoms with E-state index in [4.69, 9.17) is 4.74 Å². The molecule has 0 radical (unpaired) electrons. The normalized spacial score (nSPS) is 21.9. The highest BCUT2D eigenvalue weighted by Gasteiger charge is 2.22. The van der Waals surface area contributed by atoms with Crippen LogP contribution in [0.25, 0.3) is 0 Å². The van der Waals surface area contributed by atoms with Crippen molar-refractivity contribution in [3.05, 3.63) is 24.0 Å². The van der Waals surface area contributed by atoms with Gasteiger partial charge in [0.05, 0.1) is 49.5 Å². The Hall–Kier alpha value is -1.17. The van der Waals surface area contributed by atoms with E-state index in [1.807, 2.05) is 19.1 Å². The van der Waals surface area contributed by atoms with E-state index in [1.165, 1.54) is 0 Å². The molecule has 1 fully saturated rings. The fraction of sp³-hybridized carbons (Fsp3) is 0.615. The maximum Gasteiger partial charge on any atom is 0.0957 e. The molecule has 1 saturated heterocycles. The van der Waals surface area contributed by atoms with Crippen LogP contribution in [0.4, 0.5) is 5.69 Å². The van der Waals surface area contributed by atoms with E-state index in [2.05, 4.69) is 9.88 Å². The molecule has 0 amide bonds. The Bertz CT molecular complexity index is 369. The minimum Gasteiger partial charge on any atom is -0.394 e. The summed E-state index contributed by atoms with van der Waals surface area (Å²) in [4.78, 5) is 6.38. The van der Waals surface area contributed by atoms with E-state index in [9.17, 15) is 10.2 Å². The van der Waals surface area contributed by atoms with Crippen LogP contribution in [0, 0.1) is 0 Å². The molecule has 0 aliphatic carbocycles. The smallest absolute Gasteiger partial charge is 0.0957 e. The number of aromatic nitrogens is 1. The Morgan fingerprint density at radius 1 is 1.56 bits per heavy atom. The molecule has 2 atom stereocenters. The summed E-state index contributed by atoms with van der Waals surface area (Å²) in [6, 6.07) is 3.77. The number of nitrogens with zero attached hydrogens (tertiary/aromatic N) is 2. The third kappa shape index (κ3) is 2.80. The first-order valence-electron chi connectivity index (χ1n) is 6.35. The number of morpholine rings is 1. The summed E-state index contributed by atoms with van der Waals surface area (Å²) in [6.07, 6.45) is 1.91. The van der Waals surface area contributed by atoms with Crippen molar-refractivity contribution in [2.75, 3.05) is 31.3 Å². The van der Waals surface area contributed by atoms with Crippen LogP contribution in [0.3, 0.4) is 0 Å². The lowest BCUT2D eigenvalue weighted by molar-refractivity contribution is 0.0726. The van der Waals surface area contributed by atoms with Crippen molar-refractivity contribution in [1.29, 1.82) is 0 Å². The molecule has 2 N–H and O–H groups in total. The summed E-state index contributed by atoms with van der Waals surface area (Å²) >= 11 is 0. The average molecular weight is 252 g/mol. The monoisotopic (exact) mass is 252 g/mol. The minimum absolute atomic E-state index is 0.0116.